The van der Waals surface area contributed by atoms with Crippen LogP contribution in [0.25, 0.3) is 0 Å². The van der Waals surface area contributed by atoms with Crippen LogP contribution in [0.1, 0.15) is 31.4 Å². The number of methoxy groups -OCH3 is 1. The molecule has 0 radical (unpaired) electrons. The Balaban J connectivity index is 2.07. The molecular weight excluding hydrogens is 550 g/mol. The highest BCUT2D eigenvalue weighted by atomic mass is 35.5. The van der Waals surface area contributed by atoms with Gasteiger partial charge in [-0.15, -0.1) is 0 Å². The van der Waals surface area contributed by atoms with E-state index in [0.29, 0.717) is 19.4 Å². The van der Waals surface area contributed by atoms with Crippen molar-refractivity contribution in [2.75, 3.05) is 31.0 Å². The zero-order chi connectivity index (χ0) is 29.3. The normalized spacial score (nSPS) is 11.9. The summed E-state index contributed by atoms with van der Waals surface area (Å²) in [5, 5.41) is 3.08. The van der Waals surface area contributed by atoms with E-state index in [1.54, 1.807) is 24.3 Å². The lowest BCUT2D eigenvalue weighted by atomic mass is 10.1. The minimum absolute atomic E-state index is 0.0135. The van der Waals surface area contributed by atoms with E-state index in [-0.39, 0.29) is 33.8 Å². The van der Waals surface area contributed by atoms with Gasteiger partial charge in [0.2, 0.25) is 11.8 Å². The van der Waals surface area contributed by atoms with Gasteiger partial charge in [-0.3, -0.25) is 13.9 Å². The summed E-state index contributed by atoms with van der Waals surface area (Å²) in [4.78, 5) is 28.5. The first-order valence-electron chi connectivity index (χ1n) is 13.2. The van der Waals surface area contributed by atoms with Crippen LogP contribution < -0.4 is 14.4 Å². The lowest BCUT2D eigenvalue weighted by Gasteiger charge is -2.33. The molecule has 0 aliphatic heterocycles. The molecule has 0 saturated carbocycles. The summed E-state index contributed by atoms with van der Waals surface area (Å²) in [7, 11) is -2.82. The second-order valence-corrected chi connectivity index (χ2v) is 11.6. The molecule has 40 heavy (non-hydrogen) atoms. The lowest BCUT2D eigenvalue weighted by molar-refractivity contribution is -0.139. The molecule has 0 aliphatic rings. The van der Waals surface area contributed by atoms with Crippen LogP contribution in [0, 0.1) is 6.92 Å². The number of ether oxygens (including phenoxy) is 1. The Morgan fingerprint density at radius 2 is 1.68 bits per heavy atom. The van der Waals surface area contributed by atoms with Gasteiger partial charge in [0.15, 0.2) is 0 Å². The van der Waals surface area contributed by atoms with Gasteiger partial charge in [0, 0.05) is 18.1 Å². The third-order valence-electron chi connectivity index (χ3n) is 6.52. The minimum Gasteiger partial charge on any atom is -0.495 e. The van der Waals surface area contributed by atoms with Crippen molar-refractivity contribution in [1.29, 1.82) is 0 Å². The Hall–Kier alpha value is -3.56. The van der Waals surface area contributed by atoms with Crippen LogP contribution in [0.2, 0.25) is 5.02 Å². The summed E-state index contributed by atoms with van der Waals surface area (Å²) in [5.74, 6) is -0.578. The molecule has 214 valence electrons. The molecule has 1 N–H and O–H groups in total. The van der Waals surface area contributed by atoms with E-state index in [9.17, 15) is 18.0 Å². The first-order chi connectivity index (χ1) is 19.1. The molecule has 3 rings (SSSR count). The number of rotatable bonds is 13. The number of aryl methyl sites for hydroxylation is 1. The summed E-state index contributed by atoms with van der Waals surface area (Å²) in [6.07, 6.45) is 0.852. The smallest absolute Gasteiger partial charge is 0.264 e. The van der Waals surface area contributed by atoms with Crippen LogP contribution in [0.3, 0.4) is 0 Å². The lowest BCUT2D eigenvalue weighted by Crippen LogP contribution is -2.53. The molecule has 0 unspecified atom stereocenters. The number of benzene rings is 3. The van der Waals surface area contributed by atoms with Crippen molar-refractivity contribution in [2.45, 2.75) is 44.6 Å². The first kappa shape index (κ1) is 31.0. The summed E-state index contributed by atoms with van der Waals surface area (Å²) in [5.41, 5.74) is 2.01. The summed E-state index contributed by atoms with van der Waals surface area (Å²) >= 11 is 6.28. The SMILES string of the molecule is CCNC(=O)[C@@H](CC)N(CCc1ccccc1)C(=O)CN(c1cc(Cl)ccc1OC)S(=O)(=O)c1ccc(C)cc1. The maximum absolute atomic E-state index is 14.0. The number of carbonyl (C=O) groups is 2. The van der Waals surface area contributed by atoms with Crippen molar-refractivity contribution >= 4 is 39.1 Å². The van der Waals surface area contributed by atoms with Crippen molar-refractivity contribution in [3.8, 4) is 5.75 Å². The first-order valence-corrected chi connectivity index (χ1v) is 15.0. The summed E-state index contributed by atoms with van der Waals surface area (Å²) in [6.45, 7) is 5.56. The largest absolute Gasteiger partial charge is 0.495 e. The van der Waals surface area contributed by atoms with E-state index < -0.39 is 28.5 Å². The molecule has 0 bridgehead atoms. The Labute approximate surface area is 241 Å². The predicted molar refractivity (Wildman–Crippen MR) is 158 cm³/mol. The quantitative estimate of drug-likeness (QED) is 0.310. The van der Waals surface area contributed by atoms with Crippen LogP contribution in [0.5, 0.6) is 5.75 Å². The van der Waals surface area contributed by atoms with Gasteiger partial charge in [-0.25, -0.2) is 8.42 Å². The molecule has 1 atom stereocenters. The number of sulfonamides is 1. The number of nitrogens with one attached hydrogen (secondary N) is 1. The van der Waals surface area contributed by atoms with Crippen molar-refractivity contribution in [2.24, 2.45) is 0 Å². The highest BCUT2D eigenvalue weighted by Gasteiger charge is 2.34. The number of carbonyl (C=O) groups excluding carboxylic acids is 2. The highest BCUT2D eigenvalue weighted by molar-refractivity contribution is 7.92. The van der Waals surface area contributed by atoms with E-state index in [1.807, 2.05) is 51.1 Å². The van der Waals surface area contributed by atoms with Crippen molar-refractivity contribution in [3.63, 3.8) is 0 Å². The molecule has 3 aromatic carbocycles. The maximum Gasteiger partial charge on any atom is 0.264 e. The minimum atomic E-state index is -4.23. The molecule has 0 heterocycles. The molecule has 10 heteroatoms. The monoisotopic (exact) mass is 585 g/mol. The second-order valence-electron chi connectivity index (χ2n) is 9.28. The van der Waals surface area contributed by atoms with E-state index in [0.717, 1.165) is 15.4 Å². The Morgan fingerprint density at radius 1 is 1.00 bits per heavy atom. The fourth-order valence-corrected chi connectivity index (χ4v) is 5.98. The average molecular weight is 586 g/mol. The molecule has 0 fully saturated rings. The van der Waals surface area contributed by atoms with Crippen LogP contribution in [-0.4, -0.2) is 57.9 Å². The molecule has 0 aromatic heterocycles. The van der Waals surface area contributed by atoms with Crippen molar-refractivity contribution < 1.29 is 22.7 Å². The Morgan fingerprint density at radius 3 is 2.27 bits per heavy atom. The number of halogens is 1. The van der Waals surface area contributed by atoms with E-state index in [4.69, 9.17) is 16.3 Å². The average Bonchev–Trinajstić information content (AvgIpc) is 2.94. The number of amides is 2. The van der Waals surface area contributed by atoms with Gasteiger partial charge in [0.05, 0.1) is 17.7 Å². The van der Waals surface area contributed by atoms with Crippen LogP contribution >= 0.6 is 11.6 Å². The van der Waals surface area contributed by atoms with E-state index in [1.165, 1.54) is 30.2 Å². The van der Waals surface area contributed by atoms with Crippen molar-refractivity contribution in [3.05, 3.63) is 88.9 Å². The van der Waals surface area contributed by atoms with Gasteiger partial charge in [-0.1, -0.05) is 66.6 Å². The molecule has 8 nitrogen and oxygen atoms in total. The van der Waals surface area contributed by atoms with Gasteiger partial charge < -0.3 is 15.0 Å². The van der Waals surface area contributed by atoms with Crippen molar-refractivity contribution in [1.82, 2.24) is 10.2 Å². The molecule has 0 aliphatic carbocycles. The topological polar surface area (TPSA) is 96.0 Å². The number of anilines is 1. The summed E-state index contributed by atoms with van der Waals surface area (Å²) < 4.78 is 34.5. The van der Waals surface area contributed by atoms with Gasteiger partial charge in [0.1, 0.15) is 18.3 Å². The van der Waals surface area contributed by atoms with Gasteiger partial charge in [-0.05, 0) is 62.6 Å². The second kappa shape index (κ2) is 14.2. The fraction of sp³-hybridized carbons (Fsp3) is 0.333. The maximum atomic E-state index is 14.0. The number of hydrogen-bond acceptors (Lipinski definition) is 5. The number of likely N-dealkylation sites (N-methyl/N-ethyl adjacent to an activating group) is 1. The molecule has 0 saturated heterocycles. The molecular formula is C30H36ClN3O5S. The third-order valence-corrected chi connectivity index (χ3v) is 8.53. The van der Waals surface area contributed by atoms with Gasteiger partial charge >= 0.3 is 0 Å². The fourth-order valence-electron chi connectivity index (χ4n) is 4.40. The highest BCUT2D eigenvalue weighted by Crippen LogP contribution is 2.35. The number of hydrogen-bond donors (Lipinski definition) is 1. The van der Waals surface area contributed by atoms with Crippen LogP contribution in [0.15, 0.2) is 77.7 Å². The zero-order valence-electron chi connectivity index (χ0n) is 23.3. The van der Waals surface area contributed by atoms with Crippen LogP contribution in [-0.2, 0) is 26.0 Å². The zero-order valence-corrected chi connectivity index (χ0v) is 24.8. The predicted octanol–water partition coefficient (Wildman–Crippen LogP) is 4.84. The number of nitrogens with zero attached hydrogens (tertiary/aromatic N) is 2. The Bertz CT molecular complexity index is 1400. The van der Waals surface area contributed by atoms with E-state index in [2.05, 4.69) is 5.32 Å². The van der Waals surface area contributed by atoms with Gasteiger partial charge in [-0.2, -0.15) is 0 Å². The molecule has 3 aromatic rings. The Kier molecular flexibility index (Phi) is 11.0. The standard InChI is InChI=1S/C30H36ClN3O5S/c1-5-26(30(36)32-6-2)33(19-18-23-10-8-7-9-11-23)29(35)21-34(27-20-24(31)14-17-28(27)39-4)40(37,38)25-15-12-22(3)13-16-25/h7-17,20,26H,5-6,18-19,21H2,1-4H3,(H,32,36)/t26-/m1/s1. The van der Waals surface area contributed by atoms with Gasteiger partial charge in [0.25, 0.3) is 10.0 Å². The van der Waals surface area contributed by atoms with Crippen LogP contribution in [0.4, 0.5) is 5.69 Å². The summed E-state index contributed by atoms with van der Waals surface area (Å²) in [6, 6.07) is 19.8. The third kappa shape index (κ3) is 7.55. The molecule has 2 amide bonds. The van der Waals surface area contributed by atoms with E-state index >= 15 is 0 Å². The molecule has 0 spiro atoms.